The number of fused-ring (bicyclic) bond motifs is 2. The highest BCUT2D eigenvalue weighted by atomic mass is 32.2. The summed E-state index contributed by atoms with van der Waals surface area (Å²) in [5, 5.41) is 2.60. The van der Waals surface area contributed by atoms with Crippen molar-refractivity contribution in [1.29, 1.82) is 0 Å². The van der Waals surface area contributed by atoms with Gasteiger partial charge in [-0.15, -0.1) is 0 Å². The molecule has 2 heterocycles. The summed E-state index contributed by atoms with van der Waals surface area (Å²) in [4.78, 5) is 5.47. The molecular weight excluding hydrogens is 442 g/mol. The van der Waals surface area contributed by atoms with Gasteiger partial charge in [-0.05, 0) is 48.9 Å². The molecule has 0 N–H and O–H groups in total. The fourth-order valence-corrected chi connectivity index (χ4v) is 8.22. The van der Waals surface area contributed by atoms with E-state index < -0.39 is 15.6 Å². The van der Waals surface area contributed by atoms with Crippen LogP contribution in [0.1, 0.15) is 38.7 Å². The van der Waals surface area contributed by atoms with Crippen LogP contribution >= 0.6 is 0 Å². The Morgan fingerprint density at radius 1 is 0.794 bits per heavy atom. The summed E-state index contributed by atoms with van der Waals surface area (Å²) < 4.78 is 28.6. The van der Waals surface area contributed by atoms with Crippen molar-refractivity contribution in [2.24, 2.45) is 0 Å². The van der Waals surface area contributed by atoms with Gasteiger partial charge >= 0.3 is 0 Å². The molecule has 2 aliphatic heterocycles. The maximum atomic E-state index is 13.4. The number of hydrogen-bond acceptors (Lipinski definition) is 4. The van der Waals surface area contributed by atoms with E-state index in [-0.39, 0.29) is 0 Å². The lowest BCUT2D eigenvalue weighted by Crippen LogP contribution is -2.48. The Bertz CT molecular complexity index is 1260. The van der Waals surface area contributed by atoms with Crippen molar-refractivity contribution in [2.75, 3.05) is 44.2 Å². The van der Waals surface area contributed by atoms with Gasteiger partial charge in [-0.3, -0.25) is 4.90 Å². The first-order valence-corrected chi connectivity index (χ1v) is 14.0. The van der Waals surface area contributed by atoms with Gasteiger partial charge in [0.2, 0.25) is 10.0 Å². The van der Waals surface area contributed by atoms with Gasteiger partial charge in [0.05, 0.1) is 10.4 Å². The normalized spacial score (nSPS) is 20.0. The maximum absolute atomic E-state index is 13.4. The quantitative estimate of drug-likeness (QED) is 0.476. The molecule has 0 bridgehead atoms. The molecule has 0 unspecified atom stereocenters. The van der Waals surface area contributed by atoms with Crippen LogP contribution < -0.4 is 4.90 Å². The number of sulfonamides is 1. The molecule has 3 aromatic carbocycles. The number of rotatable bonds is 7. The Kier molecular flexibility index (Phi) is 6.40. The molecule has 0 spiro atoms. The molecule has 0 aromatic heterocycles. The van der Waals surface area contributed by atoms with Gasteiger partial charge in [-0.2, -0.15) is 4.31 Å². The van der Waals surface area contributed by atoms with E-state index in [1.165, 1.54) is 16.5 Å². The minimum Gasteiger partial charge on any atom is -0.368 e. The maximum Gasteiger partial charge on any atom is 0.244 e. The van der Waals surface area contributed by atoms with Gasteiger partial charge in [-0.1, -0.05) is 68.4 Å². The number of anilines is 1. The van der Waals surface area contributed by atoms with E-state index in [4.69, 9.17) is 0 Å². The molecule has 3 aromatic rings. The summed E-state index contributed by atoms with van der Waals surface area (Å²) in [6.45, 7) is 9.72. The number of benzene rings is 3. The van der Waals surface area contributed by atoms with Crippen molar-refractivity contribution >= 4 is 26.5 Å². The summed E-state index contributed by atoms with van der Waals surface area (Å²) >= 11 is 0. The van der Waals surface area contributed by atoms with Crippen molar-refractivity contribution in [2.45, 2.75) is 43.5 Å². The van der Waals surface area contributed by atoms with Crippen LogP contribution in [-0.4, -0.2) is 56.9 Å². The predicted molar refractivity (Wildman–Crippen MR) is 140 cm³/mol. The fraction of sp³-hybridized carbons (Fsp3) is 0.429. The fourth-order valence-electron chi connectivity index (χ4n) is 6.01. The summed E-state index contributed by atoms with van der Waals surface area (Å²) in [5.74, 6) is 0. The van der Waals surface area contributed by atoms with Crippen molar-refractivity contribution < 1.29 is 8.42 Å². The first kappa shape index (κ1) is 23.3. The Morgan fingerprint density at radius 2 is 1.47 bits per heavy atom. The number of nitrogens with zero attached hydrogens (tertiary/aromatic N) is 3. The van der Waals surface area contributed by atoms with E-state index in [0.717, 1.165) is 57.5 Å². The molecule has 0 amide bonds. The zero-order valence-corrected chi connectivity index (χ0v) is 21.1. The minimum atomic E-state index is -3.44. The number of piperazine rings is 1. The molecule has 6 heteroatoms. The largest absolute Gasteiger partial charge is 0.368 e. The Labute approximate surface area is 204 Å². The van der Waals surface area contributed by atoms with Crippen LogP contribution in [0.25, 0.3) is 10.8 Å². The highest BCUT2D eigenvalue weighted by Gasteiger charge is 2.51. The van der Waals surface area contributed by atoms with Crippen molar-refractivity contribution in [3.63, 3.8) is 0 Å². The first-order valence-electron chi connectivity index (χ1n) is 12.6. The van der Waals surface area contributed by atoms with Gasteiger partial charge in [0.1, 0.15) is 0 Å². The topological polar surface area (TPSA) is 43.9 Å². The molecule has 1 saturated heterocycles. The zero-order valence-electron chi connectivity index (χ0n) is 20.3. The lowest BCUT2D eigenvalue weighted by molar-refractivity contribution is 0.168. The molecule has 0 atom stereocenters. The van der Waals surface area contributed by atoms with E-state index in [0.29, 0.717) is 11.4 Å². The van der Waals surface area contributed by atoms with Crippen LogP contribution in [0, 0.1) is 0 Å². The Morgan fingerprint density at radius 3 is 2.24 bits per heavy atom. The van der Waals surface area contributed by atoms with Gasteiger partial charge in [0.15, 0.2) is 0 Å². The monoisotopic (exact) mass is 477 g/mol. The predicted octanol–water partition coefficient (Wildman–Crippen LogP) is 5.07. The van der Waals surface area contributed by atoms with E-state index in [2.05, 4.69) is 66.1 Å². The Hall–Kier alpha value is -2.41. The van der Waals surface area contributed by atoms with Crippen LogP contribution in [0.15, 0.2) is 71.6 Å². The molecule has 0 radical (unpaired) electrons. The molecule has 1 fully saturated rings. The molecule has 180 valence electrons. The van der Waals surface area contributed by atoms with Gasteiger partial charge in [0, 0.05) is 43.8 Å². The van der Waals surface area contributed by atoms with Gasteiger partial charge in [0.25, 0.3) is 0 Å². The van der Waals surface area contributed by atoms with Crippen LogP contribution in [0.4, 0.5) is 5.69 Å². The van der Waals surface area contributed by atoms with E-state index >= 15 is 0 Å². The zero-order chi connectivity index (χ0) is 23.8. The smallest absolute Gasteiger partial charge is 0.244 e. The molecule has 0 saturated carbocycles. The lowest BCUT2D eigenvalue weighted by atomic mass is 9.84. The molecule has 0 aliphatic carbocycles. The van der Waals surface area contributed by atoms with Crippen LogP contribution in [0.3, 0.4) is 0 Å². The van der Waals surface area contributed by atoms with Gasteiger partial charge in [-0.25, -0.2) is 8.42 Å². The average Bonchev–Trinajstić information content (AvgIpc) is 3.07. The highest BCUT2D eigenvalue weighted by Crippen LogP contribution is 2.48. The van der Waals surface area contributed by atoms with Crippen molar-refractivity contribution in [3.05, 3.63) is 72.3 Å². The first-order chi connectivity index (χ1) is 16.5. The van der Waals surface area contributed by atoms with Crippen molar-refractivity contribution in [1.82, 2.24) is 9.21 Å². The third-order valence-electron chi connectivity index (χ3n) is 7.92. The molecule has 5 nitrogen and oxygen atoms in total. The molecular formula is C28H35N3O2S. The van der Waals surface area contributed by atoms with Crippen molar-refractivity contribution in [3.8, 4) is 0 Å². The standard InChI is InChI=1S/C28H35N3O2S/c1-3-28(4-2)25-14-7-8-16-27(25)34(32,33)31(28)18-10-17-29-19-21-30(22-20-29)26-15-9-12-23-11-5-6-13-24(23)26/h5-9,11-16H,3-4,10,17-22H2,1-2H3. The second kappa shape index (κ2) is 9.33. The van der Waals surface area contributed by atoms with E-state index in [9.17, 15) is 8.42 Å². The van der Waals surface area contributed by atoms with Crippen LogP contribution in [0.5, 0.6) is 0 Å². The second-order valence-electron chi connectivity index (χ2n) is 9.49. The van der Waals surface area contributed by atoms with Crippen LogP contribution in [0.2, 0.25) is 0 Å². The molecule has 34 heavy (non-hydrogen) atoms. The second-order valence-corrected chi connectivity index (χ2v) is 11.3. The highest BCUT2D eigenvalue weighted by molar-refractivity contribution is 7.89. The summed E-state index contributed by atoms with van der Waals surface area (Å²) in [6, 6.07) is 22.7. The average molecular weight is 478 g/mol. The lowest BCUT2D eigenvalue weighted by Gasteiger charge is -2.38. The summed E-state index contributed by atoms with van der Waals surface area (Å²) in [7, 11) is -3.44. The van der Waals surface area contributed by atoms with Gasteiger partial charge < -0.3 is 4.90 Å². The van der Waals surface area contributed by atoms with E-state index in [1.54, 1.807) is 10.4 Å². The molecule has 5 rings (SSSR count). The minimum absolute atomic E-state index is 0.414. The van der Waals surface area contributed by atoms with E-state index in [1.807, 2.05) is 18.2 Å². The number of hydrogen-bond donors (Lipinski definition) is 0. The Balaban J connectivity index is 1.22. The van der Waals surface area contributed by atoms with Crippen LogP contribution in [-0.2, 0) is 15.6 Å². The summed E-state index contributed by atoms with van der Waals surface area (Å²) in [6.07, 6.45) is 2.44. The SMILES string of the molecule is CCC1(CC)c2ccccc2S(=O)(=O)N1CCCN1CCN(c2cccc3ccccc23)CC1. The third-order valence-corrected chi connectivity index (χ3v) is 9.94. The molecule has 2 aliphatic rings. The third kappa shape index (κ3) is 3.82. The summed E-state index contributed by atoms with van der Waals surface area (Å²) in [5.41, 5.74) is 1.88.